The van der Waals surface area contributed by atoms with Crippen LogP contribution in [0.15, 0.2) is 36.4 Å². The van der Waals surface area contributed by atoms with Crippen molar-refractivity contribution in [2.24, 2.45) is 0 Å². The summed E-state index contributed by atoms with van der Waals surface area (Å²) >= 11 is 5.94. The minimum atomic E-state index is 0.134. The van der Waals surface area contributed by atoms with E-state index in [9.17, 15) is 5.11 Å². The third-order valence-electron chi connectivity index (χ3n) is 2.85. The molecule has 4 N–H and O–H groups in total. The second-order valence-electron chi connectivity index (χ2n) is 4.00. The molecule has 3 aromatic rings. The molecule has 0 atom stereocenters. The summed E-state index contributed by atoms with van der Waals surface area (Å²) in [7, 11) is 0. The molecular weight excluding hydrogens is 250 g/mol. The number of nitrogens with two attached hydrogens (primary N) is 1. The number of aromatic nitrogens is 2. The van der Waals surface area contributed by atoms with E-state index in [2.05, 4.69) is 10.2 Å². The summed E-state index contributed by atoms with van der Waals surface area (Å²) < 4.78 is 0. The predicted octanol–water partition coefficient (Wildman–Crippen LogP) is 3.17. The number of nitrogen functional groups attached to an aromatic ring is 1. The molecule has 0 aliphatic rings. The molecule has 2 aromatic carbocycles. The molecular formula is C13H10ClN3O. The van der Waals surface area contributed by atoms with Gasteiger partial charge in [-0.2, -0.15) is 5.10 Å². The minimum Gasteiger partial charge on any atom is -0.507 e. The van der Waals surface area contributed by atoms with Crippen LogP contribution in [0.2, 0.25) is 5.02 Å². The van der Waals surface area contributed by atoms with Gasteiger partial charge in [0.1, 0.15) is 11.4 Å². The molecule has 0 unspecified atom stereocenters. The fraction of sp³-hybridized carbons (Fsp3) is 0. The summed E-state index contributed by atoms with van der Waals surface area (Å²) in [6.07, 6.45) is 0. The molecule has 0 fully saturated rings. The molecule has 4 nitrogen and oxygen atoms in total. The van der Waals surface area contributed by atoms with Crippen LogP contribution >= 0.6 is 11.6 Å². The molecule has 1 heterocycles. The average molecular weight is 260 g/mol. The number of fused-ring (bicyclic) bond motifs is 1. The number of H-pyrrole nitrogens is 1. The molecule has 90 valence electrons. The number of halogens is 1. The lowest BCUT2D eigenvalue weighted by Crippen LogP contribution is -1.85. The highest BCUT2D eigenvalue weighted by atomic mass is 35.5. The number of nitrogens with zero attached hydrogens (tertiary/aromatic N) is 1. The Bertz CT molecular complexity index is 736. The number of hydrogen-bond acceptors (Lipinski definition) is 3. The van der Waals surface area contributed by atoms with Crippen molar-refractivity contribution in [1.29, 1.82) is 0 Å². The van der Waals surface area contributed by atoms with Crippen LogP contribution in [0.4, 0.5) is 5.69 Å². The zero-order valence-corrected chi connectivity index (χ0v) is 10.1. The summed E-state index contributed by atoms with van der Waals surface area (Å²) in [5, 5.41) is 18.4. The summed E-state index contributed by atoms with van der Waals surface area (Å²) in [4.78, 5) is 0. The molecule has 0 radical (unpaired) electrons. The molecule has 5 heteroatoms. The predicted molar refractivity (Wildman–Crippen MR) is 72.6 cm³/mol. The highest BCUT2D eigenvalue weighted by molar-refractivity contribution is 6.31. The lowest BCUT2D eigenvalue weighted by molar-refractivity contribution is 0.477. The van der Waals surface area contributed by atoms with Crippen molar-refractivity contribution in [3.05, 3.63) is 41.4 Å². The third kappa shape index (κ3) is 1.58. The van der Waals surface area contributed by atoms with Gasteiger partial charge in [0, 0.05) is 16.0 Å². The highest BCUT2D eigenvalue weighted by Crippen LogP contribution is 2.35. The molecule has 0 saturated carbocycles. The van der Waals surface area contributed by atoms with E-state index in [0.717, 1.165) is 10.9 Å². The summed E-state index contributed by atoms with van der Waals surface area (Å²) in [6, 6.07) is 10.4. The van der Waals surface area contributed by atoms with Crippen molar-refractivity contribution in [3.8, 4) is 17.0 Å². The number of aromatic hydroxyl groups is 1. The largest absolute Gasteiger partial charge is 0.507 e. The van der Waals surface area contributed by atoms with Gasteiger partial charge in [-0.15, -0.1) is 0 Å². The maximum Gasteiger partial charge on any atom is 0.125 e. The van der Waals surface area contributed by atoms with E-state index in [1.807, 2.05) is 12.1 Å². The highest BCUT2D eigenvalue weighted by Gasteiger charge is 2.13. The first-order valence-corrected chi connectivity index (χ1v) is 5.76. The lowest BCUT2D eigenvalue weighted by atomic mass is 10.1. The van der Waals surface area contributed by atoms with E-state index in [1.165, 1.54) is 0 Å². The topological polar surface area (TPSA) is 74.9 Å². The maximum absolute atomic E-state index is 9.89. The Labute approximate surface area is 108 Å². The van der Waals surface area contributed by atoms with E-state index in [4.69, 9.17) is 17.3 Å². The van der Waals surface area contributed by atoms with Crippen LogP contribution in [0, 0.1) is 0 Å². The first kappa shape index (κ1) is 10.9. The van der Waals surface area contributed by atoms with Gasteiger partial charge in [0.25, 0.3) is 0 Å². The van der Waals surface area contributed by atoms with Gasteiger partial charge in [0.2, 0.25) is 0 Å². The van der Waals surface area contributed by atoms with Crippen molar-refractivity contribution in [3.63, 3.8) is 0 Å². The minimum absolute atomic E-state index is 0.134. The third-order valence-corrected chi connectivity index (χ3v) is 3.08. The van der Waals surface area contributed by atoms with Crippen LogP contribution < -0.4 is 5.73 Å². The Hall–Kier alpha value is -2.20. The van der Waals surface area contributed by atoms with E-state index in [-0.39, 0.29) is 5.75 Å². The number of rotatable bonds is 1. The van der Waals surface area contributed by atoms with Crippen molar-refractivity contribution in [2.75, 3.05) is 5.73 Å². The van der Waals surface area contributed by atoms with Crippen molar-refractivity contribution in [1.82, 2.24) is 10.2 Å². The summed E-state index contributed by atoms with van der Waals surface area (Å²) in [6.45, 7) is 0. The average Bonchev–Trinajstić information content (AvgIpc) is 2.77. The van der Waals surface area contributed by atoms with Gasteiger partial charge in [-0.25, -0.2) is 0 Å². The zero-order chi connectivity index (χ0) is 12.7. The fourth-order valence-electron chi connectivity index (χ4n) is 1.97. The van der Waals surface area contributed by atoms with Crippen LogP contribution in [0.1, 0.15) is 0 Å². The van der Waals surface area contributed by atoms with Gasteiger partial charge in [-0.05, 0) is 24.3 Å². The van der Waals surface area contributed by atoms with Gasteiger partial charge in [0.05, 0.1) is 11.2 Å². The number of hydrogen-bond donors (Lipinski definition) is 3. The smallest absolute Gasteiger partial charge is 0.125 e. The lowest BCUT2D eigenvalue weighted by Gasteiger charge is -2.02. The van der Waals surface area contributed by atoms with Gasteiger partial charge >= 0.3 is 0 Å². The van der Waals surface area contributed by atoms with Gasteiger partial charge in [-0.1, -0.05) is 23.7 Å². The van der Waals surface area contributed by atoms with E-state index >= 15 is 0 Å². The molecule has 0 aliphatic heterocycles. The molecule has 0 bridgehead atoms. The molecule has 3 rings (SSSR count). The second-order valence-corrected chi connectivity index (χ2v) is 4.44. The van der Waals surface area contributed by atoms with Gasteiger partial charge in [0.15, 0.2) is 0 Å². The van der Waals surface area contributed by atoms with Gasteiger partial charge < -0.3 is 10.8 Å². The molecule has 18 heavy (non-hydrogen) atoms. The SMILES string of the molecule is Nc1cccc2c(-c3cc(Cl)ccc3O)n[nH]c12. The molecule has 1 aromatic heterocycles. The standard InChI is InChI=1S/C13H10ClN3O/c14-7-4-5-11(18)9(6-7)12-8-2-1-3-10(15)13(8)17-16-12/h1-6,18H,15H2,(H,16,17). The van der Waals surface area contributed by atoms with E-state index in [0.29, 0.717) is 22.0 Å². The molecule has 0 amide bonds. The fourth-order valence-corrected chi connectivity index (χ4v) is 2.14. The Balaban J connectivity index is 2.32. The molecule has 0 saturated heterocycles. The van der Waals surface area contributed by atoms with Crippen LogP contribution in [0.5, 0.6) is 5.75 Å². The first-order chi connectivity index (χ1) is 8.66. The Morgan fingerprint density at radius 2 is 2.06 bits per heavy atom. The van der Waals surface area contributed by atoms with Crippen molar-refractivity contribution < 1.29 is 5.11 Å². The number of para-hydroxylation sites is 1. The van der Waals surface area contributed by atoms with E-state index < -0.39 is 0 Å². The monoisotopic (exact) mass is 259 g/mol. The second kappa shape index (κ2) is 3.92. The summed E-state index contributed by atoms with van der Waals surface area (Å²) in [5.74, 6) is 0.134. The van der Waals surface area contributed by atoms with E-state index in [1.54, 1.807) is 24.3 Å². The first-order valence-electron chi connectivity index (χ1n) is 5.38. The Morgan fingerprint density at radius 3 is 2.89 bits per heavy atom. The van der Waals surface area contributed by atoms with Crippen molar-refractivity contribution in [2.45, 2.75) is 0 Å². The van der Waals surface area contributed by atoms with Gasteiger partial charge in [-0.3, -0.25) is 5.10 Å². The van der Waals surface area contributed by atoms with Crippen LogP contribution in [0.3, 0.4) is 0 Å². The van der Waals surface area contributed by atoms with Crippen LogP contribution in [-0.2, 0) is 0 Å². The molecule has 0 aliphatic carbocycles. The number of benzene rings is 2. The maximum atomic E-state index is 9.89. The Morgan fingerprint density at radius 1 is 1.22 bits per heavy atom. The number of anilines is 1. The zero-order valence-electron chi connectivity index (χ0n) is 9.31. The number of phenols is 1. The normalized spacial score (nSPS) is 10.9. The van der Waals surface area contributed by atoms with Crippen LogP contribution in [0.25, 0.3) is 22.2 Å². The Kier molecular flexibility index (Phi) is 2.38. The summed E-state index contributed by atoms with van der Waals surface area (Å²) in [5.41, 5.74) is 8.45. The number of aromatic amines is 1. The van der Waals surface area contributed by atoms with Crippen molar-refractivity contribution >= 4 is 28.2 Å². The van der Waals surface area contributed by atoms with Crippen LogP contribution in [-0.4, -0.2) is 15.3 Å². The molecule has 0 spiro atoms. The number of phenolic OH excluding ortho intramolecular Hbond substituents is 1. The number of nitrogens with one attached hydrogen (secondary N) is 1. The quantitative estimate of drug-likeness (QED) is 0.588.